The van der Waals surface area contributed by atoms with Gasteiger partial charge in [0.05, 0.1) is 12.0 Å². The number of amides is 1. The third kappa shape index (κ3) is 4.42. The molecule has 7 heteroatoms. The molecule has 0 heterocycles. The second kappa shape index (κ2) is 7.58. The highest BCUT2D eigenvalue weighted by atomic mass is 16.6. The molecule has 1 amide bonds. The van der Waals surface area contributed by atoms with Crippen LogP contribution in [0.4, 0.5) is 5.69 Å². The van der Waals surface area contributed by atoms with Gasteiger partial charge in [-0.3, -0.25) is 14.9 Å². The Morgan fingerprint density at radius 2 is 2.14 bits per heavy atom. The first-order valence-electron chi connectivity index (χ1n) is 6.64. The van der Waals surface area contributed by atoms with Crippen LogP contribution in [0.1, 0.15) is 30.6 Å². The second-order valence-electron chi connectivity index (χ2n) is 4.98. The second-order valence-corrected chi connectivity index (χ2v) is 4.98. The van der Waals surface area contributed by atoms with Gasteiger partial charge in [0.1, 0.15) is 0 Å². The lowest BCUT2D eigenvalue weighted by Crippen LogP contribution is -2.39. The molecule has 0 bridgehead atoms. The van der Waals surface area contributed by atoms with E-state index in [0.717, 1.165) is 0 Å². The van der Waals surface area contributed by atoms with Crippen LogP contribution in [-0.4, -0.2) is 35.7 Å². The first kappa shape index (κ1) is 16.9. The average molecular weight is 296 g/mol. The Morgan fingerprint density at radius 3 is 2.62 bits per heavy atom. The van der Waals surface area contributed by atoms with Crippen LogP contribution in [-0.2, 0) is 0 Å². The summed E-state index contributed by atoms with van der Waals surface area (Å²) in [6.45, 7) is 3.86. The maximum absolute atomic E-state index is 12.2. The molecule has 1 rings (SSSR count). The molecule has 0 aliphatic rings. The van der Waals surface area contributed by atoms with E-state index >= 15 is 0 Å². The van der Waals surface area contributed by atoms with Crippen molar-refractivity contribution in [3.8, 4) is 5.75 Å². The Bertz CT molecular complexity index is 516. The first-order valence-corrected chi connectivity index (χ1v) is 6.64. The molecule has 0 aromatic heterocycles. The van der Waals surface area contributed by atoms with E-state index in [1.807, 2.05) is 13.8 Å². The Balaban J connectivity index is 2.94. The van der Waals surface area contributed by atoms with Gasteiger partial charge in [-0.15, -0.1) is 0 Å². The molecule has 2 N–H and O–H groups in total. The molecule has 7 nitrogen and oxygen atoms in total. The molecule has 0 fully saturated rings. The molecule has 21 heavy (non-hydrogen) atoms. The molecule has 0 radical (unpaired) electrons. The summed E-state index contributed by atoms with van der Waals surface area (Å²) in [5.74, 6) is -0.146. The Morgan fingerprint density at radius 1 is 1.48 bits per heavy atom. The van der Waals surface area contributed by atoms with E-state index in [1.54, 1.807) is 0 Å². The molecule has 116 valence electrons. The summed E-state index contributed by atoms with van der Waals surface area (Å²) in [4.78, 5) is 22.4. The van der Waals surface area contributed by atoms with Crippen molar-refractivity contribution >= 4 is 11.6 Å². The number of nitrogens with zero attached hydrogens (tertiary/aromatic N) is 1. The molecular weight excluding hydrogens is 276 g/mol. The Kier molecular flexibility index (Phi) is 6.10. The number of carbonyl (C=O) groups is 1. The molecule has 0 saturated heterocycles. The number of hydrogen-bond acceptors (Lipinski definition) is 5. The molecule has 1 unspecified atom stereocenters. The van der Waals surface area contributed by atoms with Gasteiger partial charge in [0, 0.05) is 30.3 Å². The monoisotopic (exact) mass is 296 g/mol. The molecule has 1 atom stereocenters. The summed E-state index contributed by atoms with van der Waals surface area (Å²) >= 11 is 0. The number of carbonyl (C=O) groups excluding carboxylic acids is 1. The van der Waals surface area contributed by atoms with Crippen LogP contribution in [0, 0.1) is 16.0 Å². The number of aliphatic hydroxyl groups excluding tert-OH is 1. The van der Waals surface area contributed by atoms with Crippen molar-refractivity contribution in [2.24, 2.45) is 5.92 Å². The molecule has 1 aromatic rings. The number of benzene rings is 1. The zero-order chi connectivity index (χ0) is 16.0. The Labute approximate surface area is 123 Å². The van der Waals surface area contributed by atoms with Crippen LogP contribution in [0.2, 0.25) is 0 Å². The number of nitro groups is 1. The number of aliphatic hydroxyl groups is 1. The molecule has 1 aromatic carbocycles. The highest BCUT2D eigenvalue weighted by molar-refractivity contribution is 5.95. The predicted octanol–water partition coefficient (Wildman–Crippen LogP) is 1.74. The topological polar surface area (TPSA) is 102 Å². The number of hydrogen-bond donors (Lipinski definition) is 2. The molecule has 0 saturated carbocycles. The number of rotatable bonds is 7. The van der Waals surface area contributed by atoms with Gasteiger partial charge in [-0.05, 0) is 18.4 Å². The van der Waals surface area contributed by atoms with Crippen LogP contribution in [0.25, 0.3) is 0 Å². The summed E-state index contributed by atoms with van der Waals surface area (Å²) in [6, 6.07) is 3.80. The molecule has 0 spiro atoms. The number of methoxy groups -OCH3 is 1. The lowest BCUT2D eigenvalue weighted by molar-refractivity contribution is -0.385. The van der Waals surface area contributed by atoms with Gasteiger partial charge in [-0.1, -0.05) is 13.8 Å². The van der Waals surface area contributed by atoms with E-state index in [4.69, 9.17) is 9.84 Å². The van der Waals surface area contributed by atoms with Gasteiger partial charge in [-0.25, -0.2) is 0 Å². The summed E-state index contributed by atoms with van der Waals surface area (Å²) in [7, 11) is 1.31. The smallest absolute Gasteiger partial charge is 0.310 e. The van der Waals surface area contributed by atoms with Crippen LogP contribution in [0.5, 0.6) is 5.75 Å². The normalized spacial score (nSPS) is 12.0. The molecular formula is C14H20N2O5. The maximum atomic E-state index is 12.2. The summed E-state index contributed by atoms with van der Waals surface area (Å²) < 4.78 is 4.94. The van der Waals surface area contributed by atoms with E-state index in [9.17, 15) is 14.9 Å². The first-order chi connectivity index (χ1) is 9.90. The van der Waals surface area contributed by atoms with E-state index in [1.165, 1.54) is 25.3 Å². The number of nitrogens with one attached hydrogen (secondary N) is 1. The zero-order valence-electron chi connectivity index (χ0n) is 12.3. The van der Waals surface area contributed by atoms with Crippen molar-refractivity contribution in [1.82, 2.24) is 5.32 Å². The van der Waals surface area contributed by atoms with E-state index in [0.29, 0.717) is 6.42 Å². The quantitative estimate of drug-likeness (QED) is 0.589. The summed E-state index contributed by atoms with van der Waals surface area (Å²) in [6.07, 6.45) is 0.452. The molecule has 0 aliphatic heterocycles. The standard InChI is InChI=1S/C14H20N2O5/c1-9(2)11(6-7-17)15-14(18)10-4-5-12(16(19)20)13(8-10)21-3/h4-5,8-9,11,17H,6-7H2,1-3H3,(H,15,18). The number of nitro benzene ring substituents is 1. The van der Waals surface area contributed by atoms with Crippen molar-refractivity contribution in [2.75, 3.05) is 13.7 Å². The predicted molar refractivity (Wildman–Crippen MR) is 77.4 cm³/mol. The minimum absolute atomic E-state index is 0.0211. The van der Waals surface area contributed by atoms with Crippen molar-refractivity contribution in [3.05, 3.63) is 33.9 Å². The van der Waals surface area contributed by atoms with E-state index < -0.39 is 4.92 Å². The van der Waals surface area contributed by atoms with Crippen molar-refractivity contribution in [1.29, 1.82) is 0 Å². The SMILES string of the molecule is COc1cc(C(=O)NC(CCO)C(C)C)ccc1[N+](=O)[O-]. The molecule has 0 aliphatic carbocycles. The van der Waals surface area contributed by atoms with Crippen LogP contribution < -0.4 is 10.1 Å². The van der Waals surface area contributed by atoms with Crippen molar-refractivity contribution in [3.63, 3.8) is 0 Å². The van der Waals surface area contributed by atoms with Gasteiger partial charge >= 0.3 is 5.69 Å². The van der Waals surface area contributed by atoms with Gasteiger partial charge in [0.25, 0.3) is 5.91 Å². The largest absolute Gasteiger partial charge is 0.490 e. The van der Waals surface area contributed by atoms with Gasteiger partial charge in [-0.2, -0.15) is 0 Å². The van der Waals surface area contributed by atoms with Crippen LogP contribution in [0.15, 0.2) is 18.2 Å². The van der Waals surface area contributed by atoms with Crippen LogP contribution >= 0.6 is 0 Å². The average Bonchev–Trinajstić information content (AvgIpc) is 2.45. The highest BCUT2D eigenvalue weighted by Crippen LogP contribution is 2.27. The lowest BCUT2D eigenvalue weighted by atomic mass is 10.0. The van der Waals surface area contributed by atoms with Gasteiger partial charge in [0.2, 0.25) is 0 Å². The summed E-state index contributed by atoms with van der Waals surface area (Å²) in [5, 5.41) is 22.6. The van der Waals surface area contributed by atoms with Crippen molar-refractivity contribution < 1.29 is 19.6 Å². The highest BCUT2D eigenvalue weighted by Gasteiger charge is 2.20. The van der Waals surface area contributed by atoms with E-state index in [-0.39, 0.29) is 41.5 Å². The fraction of sp³-hybridized carbons (Fsp3) is 0.500. The van der Waals surface area contributed by atoms with E-state index in [2.05, 4.69) is 5.32 Å². The zero-order valence-corrected chi connectivity index (χ0v) is 12.3. The maximum Gasteiger partial charge on any atom is 0.310 e. The van der Waals surface area contributed by atoms with Crippen molar-refractivity contribution in [2.45, 2.75) is 26.3 Å². The summed E-state index contributed by atoms with van der Waals surface area (Å²) in [5.41, 5.74) is 0.0888. The number of ether oxygens (including phenoxy) is 1. The fourth-order valence-corrected chi connectivity index (χ4v) is 1.93. The fourth-order valence-electron chi connectivity index (χ4n) is 1.93. The van der Waals surface area contributed by atoms with Gasteiger partial charge < -0.3 is 15.2 Å². The third-order valence-corrected chi connectivity index (χ3v) is 3.20. The third-order valence-electron chi connectivity index (χ3n) is 3.20. The lowest BCUT2D eigenvalue weighted by Gasteiger charge is -2.21. The minimum Gasteiger partial charge on any atom is -0.490 e. The van der Waals surface area contributed by atoms with Crippen LogP contribution in [0.3, 0.4) is 0 Å². The van der Waals surface area contributed by atoms with Gasteiger partial charge in [0.15, 0.2) is 5.75 Å². The minimum atomic E-state index is -0.566. The Hall–Kier alpha value is -2.15.